The summed E-state index contributed by atoms with van der Waals surface area (Å²) in [5, 5.41) is 7.10. The molecule has 5 nitrogen and oxygen atoms in total. The van der Waals surface area contributed by atoms with Gasteiger partial charge >= 0.3 is 0 Å². The van der Waals surface area contributed by atoms with E-state index < -0.39 is 0 Å². The molecule has 0 fully saturated rings. The van der Waals surface area contributed by atoms with Crippen LogP contribution in [0.1, 0.15) is 49.9 Å². The Bertz CT molecular complexity index is 5990. The Labute approximate surface area is 574 Å². The highest BCUT2D eigenvalue weighted by atomic mass is 15.2. The molecule has 4 heterocycles. The van der Waals surface area contributed by atoms with Crippen LogP contribution in [0.3, 0.4) is 0 Å². The quantitative estimate of drug-likeness (QED) is 0.144. The summed E-state index contributed by atoms with van der Waals surface area (Å²) in [6, 6.07) is 119. The number of hydrogen-bond donors (Lipinski definition) is 0. The molecule has 99 heavy (non-hydrogen) atoms. The summed E-state index contributed by atoms with van der Waals surface area (Å²) < 4.78 is 7.22. The summed E-state index contributed by atoms with van der Waals surface area (Å²) in [5.41, 5.74) is 32.5. The molecule has 5 heteroatoms. The van der Waals surface area contributed by atoms with Gasteiger partial charge in [-0.25, -0.2) is 9.97 Å². The van der Waals surface area contributed by atoms with Crippen LogP contribution < -0.4 is 0 Å². The summed E-state index contributed by atoms with van der Waals surface area (Å²) in [7, 11) is 0. The van der Waals surface area contributed by atoms with Crippen molar-refractivity contribution in [3.05, 3.63) is 344 Å². The average Bonchev–Trinajstić information content (AvgIpc) is 1.58. The molecule has 0 unspecified atom stereocenters. The molecule has 466 valence electrons. The molecule has 0 saturated carbocycles. The molecule has 0 bridgehead atoms. The fourth-order valence-corrected chi connectivity index (χ4v) is 16.9. The van der Waals surface area contributed by atoms with Gasteiger partial charge in [0.15, 0.2) is 0 Å². The highest BCUT2D eigenvalue weighted by Gasteiger charge is 2.37. The van der Waals surface area contributed by atoms with Gasteiger partial charge in [0, 0.05) is 65.6 Å². The van der Waals surface area contributed by atoms with E-state index in [2.05, 4.69) is 363 Å². The highest BCUT2D eigenvalue weighted by Crippen LogP contribution is 2.52. The molecule has 2 aliphatic rings. The van der Waals surface area contributed by atoms with E-state index in [1.54, 1.807) is 0 Å². The molecule has 0 atom stereocenters. The number of benzene rings is 14. The van der Waals surface area contributed by atoms with Crippen molar-refractivity contribution in [2.24, 2.45) is 0 Å². The smallest absolute Gasteiger partial charge is 0.235 e. The zero-order chi connectivity index (χ0) is 65.8. The predicted octanol–water partition coefficient (Wildman–Crippen LogP) is 24.4. The summed E-state index contributed by atoms with van der Waals surface area (Å²) in [5.74, 6) is 0.600. The number of rotatable bonds is 9. The van der Waals surface area contributed by atoms with Gasteiger partial charge < -0.3 is 9.13 Å². The maximum atomic E-state index is 5.60. The van der Waals surface area contributed by atoms with Crippen molar-refractivity contribution in [2.45, 2.75) is 38.5 Å². The second kappa shape index (κ2) is 21.5. The normalized spacial score (nSPS) is 13.4. The largest absolute Gasteiger partial charge is 0.309 e. The van der Waals surface area contributed by atoms with E-state index in [1.807, 2.05) is 0 Å². The van der Waals surface area contributed by atoms with Crippen molar-refractivity contribution in [1.82, 2.24) is 23.7 Å². The van der Waals surface area contributed by atoms with Crippen LogP contribution in [-0.2, 0) is 10.8 Å². The standard InChI is InChI=1S/C94H65N5/c1-93(2)80-27-15-11-23-70(80)72-45-43-68(55-82(72)93)97-86-29-17-13-25-74(86)76-51-64(39-47-88(76)97)66-41-49-90-78(53-66)79-54-67(65-40-48-89-77(52-65)75-26-14-18-30-87(75)98(89)69-44-46-73-71-24-12-16-28-81(71)94(3,4)83(73)56-69)42-50-91(79)99(90)92-95-84(62-35-31-60(32-36-62)58-19-7-5-8-20-58)57-85(96-92)63-37-33-61(34-38-63)59-21-9-6-10-22-59/h5-57H,1-4H3. The van der Waals surface area contributed by atoms with Gasteiger partial charge in [-0.15, -0.1) is 0 Å². The molecule has 0 saturated heterocycles. The molecule has 14 aromatic carbocycles. The maximum Gasteiger partial charge on any atom is 0.235 e. The lowest BCUT2D eigenvalue weighted by Gasteiger charge is -2.22. The van der Waals surface area contributed by atoms with E-state index >= 15 is 0 Å². The SMILES string of the molecule is CC1(C)c2ccccc2-c2ccc(-n3c4ccccc4c4cc(-c5ccc6c(c5)c5cc(-c7ccc8c(c7)c7ccccc7n8-c7ccc8c(c7)C(C)(C)c7ccccc7-8)ccc5n6-c5nc(-c6ccc(-c7ccccc7)cc6)cc(-c6ccc(-c7ccccc7)cc6)n5)ccc43)cc21. The third-order valence-electron chi connectivity index (χ3n) is 21.9. The van der Waals surface area contributed by atoms with Gasteiger partial charge in [-0.05, 0) is 180 Å². The predicted molar refractivity (Wildman–Crippen MR) is 413 cm³/mol. The van der Waals surface area contributed by atoms with Crippen LogP contribution in [0.4, 0.5) is 0 Å². The molecule has 4 aromatic heterocycles. The summed E-state index contributed by atoms with van der Waals surface area (Å²) in [4.78, 5) is 11.2. The lowest BCUT2D eigenvalue weighted by atomic mass is 9.82. The third-order valence-corrected chi connectivity index (χ3v) is 21.9. The van der Waals surface area contributed by atoms with Gasteiger partial charge in [-0.1, -0.05) is 258 Å². The van der Waals surface area contributed by atoms with Crippen LogP contribution in [0.15, 0.2) is 322 Å². The Morgan fingerprint density at radius 3 is 0.929 bits per heavy atom. The second-order valence-electron chi connectivity index (χ2n) is 28.1. The Morgan fingerprint density at radius 1 is 0.212 bits per heavy atom. The molecule has 0 amide bonds. The summed E-state index contributed by atoms with van der Waals surface area (Å²) >= 11 is 0. The second-order valence-corrected chi connectivity index (χ2v) is 28.1. The fraction of sp³-hybridized carbons (Fsp3) is 0.0638. The van der Waals surface area contributed by atoms with E-state index in [4.69, 9.17) is 9.97 Å². The molecule has 0 N–H and O–H groups in total. The summed E-state index contributed by atoms with van der Waals surface area (Å²) in [6.07, 6.45) is 0. The first-order valence-electron chi connectivity index (χ1n) is 34.4. The summed E-state index contributed by atoms with van der Waals surface area (Å²) in [6.45, 7) is 9.46. The first kappa shape index (κ1) is 56.9. The van der Waals surface area contributed by atoms with Gasteiger partial charge in [0.05, 0.1) is 44.5 Å². The Hall–Kier alpha value is -12.4. The average molecular weight is 1260 g/mol. The molecule has 2 aliphatic carbocycles. The van der Waals surface area contributed by atoms with Crippen molar-refractivity contribution in [3.63, 3.8) is 0 Å². The minimum absolute atomic E-state index is 0.122. The van der Waals surface area contributed by atoms with Crippen molar-refractivity contribution in [2.75, 3.05) is 0 Å². The van der Waals surface area contributed by atoms with Crippen LogP contribution in [0.5, 0.6) is 0 Å². The topological polar surface area (TPSA) is 40.6 Å². The minimum Gasteiger partial charge on any atom is -0.309 e. The molecule has 0 aliphatic heterocycles. The van der Waals surface area contributed by atoms with Gasteiger partial charge in [-0.2, -0.15) is 0 Å². The van der Waals surface area contributed by atoms with E-state index in [-0.39, 0.29) is 10.8 Å². The van der Waals surface area contributed by atoms with E-state index in [1.165, 1.54) is 111 Å². The zero-order valence-corrected chi connectivity index (χ0v) is 55.3. The van der Waals surface area contributed by atoms with Crippen LogP contribution >= 0.6 is 0 Å². The number of hydrogen-bond acceptors (Lipinski definition) is 2. The lowest BCUT2D eigenvalue weighted by molar-refractivity contribution is 0.660. The lowest BCUT2D eigenvalue weighted by Crippen LogP contribution is -2.15. The van der Waals surface area contributed by atoms with Gasteiger partial charge in [0.25, 0.3) is 0 Å². The van der Waals surface area contributed by atoms with Gasteiger partial charge in [0.2, 0.25) is 5.95 Å². The number of aromatic nitrogens is 5. The van der Waals surface area contributed by atoms with E-state index in [9.17, 15) is 0 Å². The van der Waals surface area contributed by atoms with E-state index in [0.717, 1.165) is 77.7 Å². The van der Waals surface area contributed by atoms with Crippen molar-refractivity contribution >= 4 is 65.4 Å². The minimum atomic E-state index is -0.122. The Kier molecular flexibility index (Phi) is 12.4. The Balaban J connectivity index is 0.765. The monoisotopic (exact) mass is 1260 g/mol. The van der Waals surface area contributed by atoms with Crippen LogP contribution in [-0.4, -0.2) is 23.7 Å². The first-order chi connectivity index (χ1) is 48.6. The molecular weight excluding hydrogens is 1200 g/mol. The van der Waals surface area contributed by atoms with E-state index in [0.29, 0.717) is 5.95 Å². The van der Waals surface area contributed by atoms with Crippen molar-refractivity contribution < 1.29 is 0 Å². The molecule has 20 rings (SSSR count). The highest BCUT2D eigenvalue weighted by molar-refractivity contribution is 6.15. The van der Waals surface area contributed by atoms with Crippen LogP contribution in [0, 0.1) is 0 Å². The number of fused-ring (bicyclic) bond motifs is 15. The fourth-order valence-electron chi connectivity index (χ4n) is 16.9. The Morgan fingerprint density at radius 2 is 0.515 bits per heavy atom. The molecule has 18 aromatic rings. The maximum absolute atomic E-state index is 5.60. The number of nitrogens with zero attached hydrogens (tertiary/aromatic N) is 5. The third kappa shape index (κ3) is 8.73. The van der Waals surface area contributed by atoms with Gasteiger partial charge in [-0.3, -0.25) is 4.57 Å². The zero-order valence-electron chi connectivity index (χ0n) is 55.3. The van der Waals surface area contributed by atoms with Crippen molar-refractivity contribution in [1.29, 1.82) is 0 Å². The van der Waals surface area contributed by atoms with Gasteiger partial charge in [0.1, 0.15) is 0 Å². The first-order valence-corrected chi connectivity index (χ1v) is 34.4. The number of para-hydroxylation sites is 2. The molecule has 0 radical (unpaired) electrons. The van der Waals surface area contributed by atoms with Crippen molar-refractivity contribution in [3.8, 4) is 107 Å². The van der Waals surface area contributed by atoms with Crippen LogP contribution in [0.25, 0.3) is 172 Å². The molecule has 0 spiro atoms. The van der Waals surface area contributed by atoms with Crippen LogP contribution in [0.2, 0.25) is 0 Å². The molecular formula is C94H65N5.